The van der Waals surface area contributed by atoms with Gasteiger partial charge in [0.15, 0.2) is 29.6 Å². The van der Waals surface area contributed by atoms with Crippen LogP contribution >= 0.6 is 0 Å². The van der Waals surface area contributed by atoms with E-state index in [1.165, 1.54) is 24.3 Å². The van der Waals surface area contributed by atoms with Crippen LogP contribution in [0.2, 0.25) is 0 Å². The van der Waals surface area contributed by atoms with Crippen LogP contribution in [0.5, 0.6) is 0 Å². The summed E-state index contributed by atoms with van der Waals surface area (Å²) in [5, 5.41) is 0. The zero-order chi connectivity index (χ0) is 24.9. The summed E-state index contributed by atoms with van der Waals surface area (Å²) in [6.07, 6.45) is 4.94. The molecule has 0 saturated carbocycles. The molecule has 0 amide bonds. The summed E-state index contributed by atoms with van der Waals surface area (Å²) in [5.41, 5.74) is -0.307. The number of halogens is 4. The fourth-order valence-electron chi connectivity index (χ4n) is 4.90. The summed E-state index contributed by atoms with van der Waals surface area (Å²) in [5.74, 6) is -4.07. The lowest BCUT2D eigenvalue weighted by atomic mass is 9.91. The van der Waals surface area contributed by atoms with E-state index in [2.05, 4.69) is 6.58 Å². The monoisotopic (exact) mass is 492 g/mol. The van der Waals surface area contributed by atoms with Crippen molar-refractivity contribution < 1.29 is 31.8 Å². The van der Waals surface area contributed by atoms with Crippen molar-refractivity contribution in [3.8, 4) is 11.1 Å². The Balaban J connectivity index is 1.45. The number of hydrogen-bond donors (Lipinski definition) is 0. The highest BCUT2D eigenvalue weighted by Gasteiger charge is 2.28. The normalized spacial score (nSPS) is 24.9. The van der Waals surface area contributed by atoms with Crippen molar-refractivity contribution in [1.82, 2.24) is 0 Å². The van der Waals surface area contributed by atoms with Crippen molar-refractivity contribution in [2.75, 3.05) is 19.8 Å². The van der Waals surface area contributed by atoms with Gasteiger partial charge in [0.05, 0.1) is 19.3 Å². The molecule has 7 heteroatoms. The van der Waals surface area contributed by atoms with Crippen LogP contribution in [-0.4, -0.2) is 26.1 Å². The first-order chi connectivity index (χ1) is 16.9. The van der Waals surface area contributed by atoms with Crippen LogP contribution in [0.4, 0.5) is 17.6 Å². The first-order valence-electron chi connectivity index (χ1n) is 12.3. The first-order valence-corrected chi connectivity index (χ1v) is 12.3. The zero-order valence-electron chi connectivity index (χ0n) is 20.0. The minimum atomic E-state index is -1.20. The third-order valence-electron chi connectivity index (χ3n) is 7.06. The maximum absolute atomic E-state index is 15.0. The van der Waals surface area contributed by atoms with Gasteiger partial charge in [0.2, 0.25) is 0 Å². The highest BCUT2D eigenvalue weighted by Crippen LogP contribution is 2.37. The maximum Gasteiger partial charge on any atom is 0.167 e. The molecule has 2 aromatic carbocycles. The second kappa shape index (κ2) is 11.7. The van der Waals surface area contributed by atoms with Gasteiger partial charge in [-0.2, -0.15) is 0 Å². The number of aryl methyl sites for hydroxylation is 1. The van der Waals surface area contributed by atoms with E-state index in [4.69, 9.17) is 14.2 Å². The molecular formula is C28H32F4O3. The summed E-state index contributed by atoms with van der Waals surface area (Å²) in [6.45, 7) is 7.14. The molecule has 0 aliphatic carbocycles. The fraction of sp³-hybridized carbons (Fsp3) is 0.500. The molecule has 2 aliphatic heterocycles. The highest BCUT2D eigenvalue weighted by atomic mass is 19.2. The van der Waals surface area contributed by atoms with Crippen molar-refractivity contribution >= 4 is 0 Å². The molecule has 0 spiro atoms. The number of benzene rings is 2. The number of rotatable bonds is 8. The molecule has 4 atom stereocenters. The maximum atomic E-state index is 15.0. The SMILES string of the molecule is C=CC1CCC(c2ccc(-c3ccc(CCC4CCC(OCC)OC4)c(F)c3F)c(F)c2F)OC1. The van der Waals surface area contributed by atoms with Gasteiger partial charge in [0.25, 0.3) is 0 Å². The summed E-state index contributed by atoms with van der Waals surface area (Å²) in [6, 6.07) is 5.46. The van der Waals surface area contributed by atoms with Gasteiger partial charge in [-0.1, -0.05) is 30.3 Å². The molecule has 0 bridgehead atoms. The molecule has 2 fully saturated rings. The average Bonchev–Trinajstić information content (AvgIpc) is 2.88. The van der Waals surface area contributed by atoms with Crippen molar-refractivity contribution in [3.05, 3.63) is 71.3 Å². The lowest BCUT2D eigenvalue weighted by Crippen LogP contribution is -2.28. The molecule has 190 valence electrons. The molecular weight excluding hydrogens is 460 g/mol. The van der Waals surface area contributed by atoms with Crippen LogP contribution in [0, 0.1) is 35.1 Å². The quantitative estimate of drug-likeness (QED) is 0.286. The van der Waals surface area contributed by atoms with Crippen LogP contribution in [0.1, 0.15) is 56.3 Å². The highest BCUT2D eigenvalue weighted by molar-refractivity contribution is 5.66. The fourth-order valence-corrected chi connectivity index (χ4v) is 4.90. The smallest absolute Gasteiger partial charge is 0.167 e. The predicted molar refractivity (Wildman–Crippen MR) is 126 cm³/mol. The Labute approximate surface area is 204 Å². The Morgan fingerprint density at radius 1 is 0.886 bits per heavy atom. The van der Waals surface area contributed by atoms with E-state index in [9.17, 15) is 17.6 Å². The number of ether oxygens (including phenoxy) is 3. The summed E-state index contributed by atoms with van der Waals surface area (Å²) in [4.78, 5) is 0. The Morgan fingerprint density at radius 2 is 1.63 bits per heavy atom. The van der Waals surface area contributed by atoms with E-state index in [0.717, 1.165) is 19.3 Å². The van der Waals surface area contributed by atoms with Gasteiger partial charge in [-0.25, -0.2) is 17.6 Å². The van der Waals surface area contributed by atoms with Crippen molar-refractivity contribution in [1.29, 1.82) is 0 Å². The molecule has 2 aliphatic rings. The molecule has 2 heterocycles. The van der Waals surface area contributed by atoms with Crippen LogP contribution in [0.25, 0.3) is 11.1 Å². The van der Waals surface area contributed by atoms with E-state index in [-0.39, 0.29) is 40.4 Å². The van der Waals surface area contributed by atoms with Gasteiger partial charge in [0.1, 0.15) is 0 Å². The zero-order valence-corrected chi connectivity index (χ0v) is 20.0. The molecule has 2 aromatic rings. The topological polar surface area (TPSA) is 27.7 Å². The Bertz CT molecular complexity index is 1030. The molecule has 4 rings (SSSR count). The molecule has 0 N–H and O–H groups in total. The second-order valence-electron chi connectivity index (χ2n) is 9.33. The van der Waals surface area contributed by atoms with Crippen molar-refractivity contribution in [2.45, 2.75) is 57.8 Å². The third-order valence-corrected chi connectivity index (χ3v) is 7.06. The van der Waals surface area contributed by atoms with Crippen LogP contribution in [0.15, 0.2) is 36.9 Å². The van der Waals surface area contributed by atoms with Crippen LogP contribution in [0.3, 0.4) is 0 Å². The molecule has 2 saturated heterocycles. The molecule has 0 radical (unpaired) electrons. The van der Waals surface area contributed by atoms with E-state index in [1.54, 1.807) is 6.08 Å². The van der Waals surface area contributed by atoms with Gasteiger partial charge in [-0.3, -0.25) is 0 Å². The Hall–Kier alpha value is -2.22. The second-order valence-corrected chi connectivity index (χ2v) is 9.33. The Kier molecular flexibility index (Phi) is 8.63. The third kappa shape index (κ3) is 5.79. The molecule has 4 unspecified atom stereocenters. The standard InChI is InChI=1S/C28H32F4O3/c1-3-17-6-13-23(34-15-17)22-12-11-21(27(31)28(22)32)20-10-9-19(25(29)26(20)30)8-5-18-7-14-24(33-4-2)35-16-18/h3,9-12,17-18,23-24H,1,4-8,13-16H2,2H3. The van der Waals surface area contributed by atoms with Crippen LogP contribution < -0.4 is 0 Å². The van der Waals surface area contributed by atoms with Gasteiger partial charge in [-0.05, 0) is 56.9 Å². The first kappa shape index (κ1) is 25.9. The van der Waals surface area contributed by atoms with E-state index < -0.39 is 29.4 Å². The van der Waals surface area contributed by atoms with E-state index in [0.29, 0.717) is 39.1 Å². The van der Waals surface area contributed by atoms with Crippen LogP contribution in [-0.2, 0) is 20.6 Å². The van der Waals surface area contributed by atoms with Crippen molar-refractivity contribution in [3.63, 3.8) is 0 Å². The lowest BCUT2D eigenvalue weighted by molar-refractivity contribution is -0.173. The summed E-state index contributed by atoms with van der Waals surface area (Å²) in [7, 11) is 0. The lowest BCUT2D eigenvalue weighted by Gasteiger charge is -2.28. The van der Waals surface area contributed by atoms with E-state index in [1.807, 2.05) is 6.92 Å². The molecule has 35 heavy (non-hydrogen) atoms. The largest absolute Gasteiger partial charge is 0.373 e. The van der Waals surface area contributed by atoms with Gasteiger partial charge >= 0.3 is 0 Å². The minimum Gasteiger partial charge on any atom is -0.373 e. The molecule has 3 nitrogen and oxygen atoms in total. The Morgan fingerprint density at radius 3 is 2.26 bits per heavy atom. The minimum absolute atomic E-state index is 0.0903. The average molecular weight is 493 g/mol. The van der Waals surface area contributed by atoms with Gasteiger partial charge in [0, 0.05) is 29.2 Å². The summed E-state index contributed by atoms with van der Waals surface area (Å²) < 4.78 is 76.5. The molecule has 0 aromatic heterocycles. The predicted octanol–water partition coefficient (Wildman–Crippen LogP) is 7.29. The van der Waals surface area contributed by atoms with Gasteiger partial charge in [-0.15, -0.1) is 6.58 Å². The van der Waals surface area contributed by atoms with E-state index >= 15 is 0 Å². The number of hydrogen-bond acceptors (Lipinski definition) is 3. The summed E-state index contributed by atoms with van der Waals surface area (Å²) >= 11 is 0. The van der Waals surface area contributed by atoms with Gasteiger partial charge < -0.3 is 14.2 Å². The van der Waals surface area contributed by atoms with Crippen molar-refractivity contribution in [2.24, 2.45) is 11.8 Å².